The molecular formula is C17H25NO2. The third-order valence-corrected chi connectivity index (χ3v) is 3.92. The number of anilines is 1. The molecule has 110 valence electrons. The Hall–Kier alpha value is -1.35. The molecule has 1 aliphatic heterocycles. The van der Waals surface area contributed by atoms with Gasteiger partial charge < -0.3 is 10.1 Å². The summed E-state index contributed by atoms with van der Waals surface area (Å²) >= 11 is 0. The van der Waals surface area contributed by atoms with Crippen LogP contribution in [-0.4, -0.2) is 19.1 Å². The fourth-order valence-corrected chi connectivity index (χ4v) is 2.66. The van der Waals surface area contributed by atoms with Crippen molar-refractivity contribution < 1.29 is 9.53 Å². The van der Waals surface area contributed by atoms with Crippen molar-refractivity contribution in [3.63, 3.8) is 0 Å². The first-order valence-electron chi connectivity index (χ1n) is 7.52. The Morgan fingerprint density at radius 1 is 1.20 bits per heavy atom. The number of hydrogen-bond acceptors (Lipinski definition) is 2. The van der Waals surface area contributed by atoms with E-state index < -0.39 is 0 Å². The van der Waals surface area contributed by atoms with Crippen LogP contribution in [0.1, 0.15) is 57.1 Å². The summed E-state index contributed by atoms with van der Waals surface area (Å²) in [6.07, 6.45) is 0.826. The number of para-hydroxylation sites is 1. The molecule has 1 unspecified atom stereocenters. The van der Waals surface area contributed by atoms with Crippen molar-refractivity contribution >= 4 is 11.6 Å². The van der Waals surface area contributed by atoms with E-state index in [4.69, 9.17) is 4.74 Å². The van der Waals surface area contributed by atoms with Crippen LogP contribution < -0.4 is 5.32 Å². The predicted molar refractivity (Wildman–Crippen MR) is 82.2 cm³/mol. The lowest BCUT2D eigenvalue weighted by Crippen LogP contribution is -2.24. The van der Waals surface area contributed by atoms with Crippen LogP contribution in [0.25, 0.3) is 0 Å². The molecule has 1 aromatic rings. The lowest BCUT2D eigenvalue weighted by molar-refractivity contribution is -0.119. The molecule has 1 N–H and O–H groups in total. The number of benzene rings is 1. The van der Waals surface area contributed by atoms with Gasteiger partial charge in [-0.3, -0.25) is 4.79 Å². The molecule has 3 heteroatoms. The minimum atomic E-state index is -0.00442. The van der Waals surface area contributed by atoms with Gasteiger partial charge in [0.2, 0.25) is 5.91 Å². The number of amides is 1. The molecule has 0 aliphatic carbocycles. The van der Waals surface area contributed by atoms with Crippen LogP contribution in [0.2, 0.25) is 0 Å². The summed E-state index contributed by atoms with van der Waals surface area (Å²) in [4.78, 5) is 12.4. The molecule has 1 atom stereocenters. The molecule has 0 radical (unpaired) electrons. The second kappa shape index (κ2) is 6.40. The first kappa shape index (κ1) is 15.0. The molecule has 1 heterocycles. The first-order valence-corrected chi connectivity index (χ1v) is 7.52. The third kappa shape index (κ3) is 3.21. The number of carbonyl (C=O) groups is 1. The molecule has 1 aliphatic rings. The molecule has 0 saturated carbocycles. The van der Waals surface area contributed by atoms with Crippen LogP contribution in [0, 0.1) is 5.92 Å². The lowest BCUT2D eigenvalue weighted by Gasteiger charge is -2.21. The van der Waals surface area contributed by atoms with Crippen LogP contribution in [0.4, 0.5) is 5.69 Å². The number of carbonyl (C=O) groups excluding carboxylic acids is 1. The maximum Gasteiger partial charge on any atom is 0.229 e. The van der Waals surface area contributed by atoms with Crippen LogP contribution in [0.3, 0.4) is 0 Å². The highest BCUT2D eigenvalue weighted by Gasteiger charge is 2.25. The molecule has 1 amide bonds. The van der Waals surface area contributed by atoms with Crippen molar-refractivity contribution in [3.8, 4) is 0 Å². The molecule has 1 fully saturated rings. The van der Waals surface area contributed by atoms with Gasteiger partial charge in [0.1, 0.15) is 0 Å². The first-order chi connectivity index (χ1) is 9.50. The van der Waals surface area contributed by atoms with Crippen LogP contribution >= 0.6 is 0 Å². The number of rotatable bonds is 4. The zero-order chi connectivity index (χ0) is 14.7. The summed E-state index contributed by atoms with van der Waals surface area (Å²) in [6.45, 7) is 9.89. The normalized spacial score (nSPS) is 18.8. The minimum absolute atomic E-state index is 0.00442. The summed E-state index contributed by atoms with van der Waals surface area (Å²) in [5.41, 5.74) is 3.43. The Balaban J connectivity index is 2.30. The smallest absolute Gasteiger partial charge is 0.229 e. The topological polar surface area (TPSA) is 38.3 Å². The molecule has 1 aromatic carbocycles. The zero-order valence-corrected chi connectivity index (χ0v) is 12.9. The van der Waals surface area contributed by atoms with Gasteiger partial charge in [0.25, 0.3) is 0 Å². The summed E-state index contributed by atoms with van der Waals surface area (Å²) in [5, 5.41) is 3.16. The SMILES string of the molecule is CC(C)c1cccc(C(C)C)c1NC(=O)C1CCOC1. The second-order valence-corrected chi connectivity index (χ2v) is 6.17. The number of ether oxygens (including phenoxy) is 1. The van der Waals surface area contributed by atoms with E-state index in [1.807, 2.05) is 0 Å². The molecule has 3 nitrogen and oxygen atoms in total. The van der Waals surface area contributed by atoms with Gasteiger partial charge in [-0.05, 0) is 29.4 Å². The molecule has 20 heavy (non-hydrogen) atoms. The van der Waals surface area contributed by atoms with Gasteiger partial charge in [-0.1, -0.05) is 45.9 Å². The maximum absolute atomic E-state index is 12.4. The van der Waals surface area contributed by atoms with E-state index in [0.29, 0.717) is 25.0 Å². The average molecular weight is 275 g/mol. The van der Waals surface area contributed by atoms with Crippen molar-refractivity contribution in [2.24, 2.45) is 5.92 Å². The molecule has 0 aromatic heterocycles. The Morgan fingerprint density at radius 2 is 1.80 bits per heavy atom. The molecule has 0 bridgehead atoms. The summed E-state index contributed by atoms with van der Waals surface area (Å²) in [5.74, 6) is 0.875. The predicted octanol–water partition coefficient (Wildman–Crippen LogP) is 3.91. The van der Waals surface area contributed by atoms with E-state index >= 15 is 0 Å². The van der Waals surface area contributed by atoms with Gasteiger partial charge in [-0.2, -0.15) is 0 Å². The lowest BCUT2D eigenvalue weighted by atomic mass is 9.92. The highest BCUT2D eigenvalue weighted by Crippen LogP contribution is 2.33. The Labute approximate surface area is 121 Å². The highest BCUT2D eigenvalue weighted by molar-refractivity contribution is 5.94. The van der Waals surface area contributed by atoms with Crippen molar-refractivity contribution in [2.45, 2.75) is 46.0 Å². The number of nitrogens with one attached hydrogen (secondary N) is 1. The van der Waals surface area contributed by atoms with E-state index in [1.165, 1.54) is 11.1 Å². The molecule has 2 rings (SSSR count). The van der Waals surface area contributed by atoms with Gasteiger partial charge in [-0.15, -0.1) is 0 Å². The summed E-state index contributed by atoms with van der Waals surface area (Å²) < 4.78 is 5.31. The Morgan fingerprint density at radius 3 is 2.25 bits per heavy atom. The molecule has 0 spiro atoms. The molecule has 1 saturated heterocycles. The fraction of sp³-hybridized carbons (Fsp3) is 0.588. The van der Waals surface area contributed by atoms with Crippen molar-refractivity contribution in [1.82, 2.24) is 0 Å². The van der Waals surface area contributed by atoms with Crippen LogP contribution in [-0.2, 0) is 9.53 Å². The summed E-state index contributed by atoms with van der Waals surface area (Å²) in [7, 11) is 0. The minimum Gasteiger partial charge on any atom is -0.381 e. The van der Waals surface area contributed by atoms with Crippen molar-refractivity contribution in [1.29, 1.82) is 0 Å². The zero-order valence-electron chi connectivity index (χ0n) is 12.9. The Bertz CT molecular complexity index is 448. The van der Waals surface area contributed by atoms with Crippen molar-refractivity contribution in [2.75, 3.05) is 18.5 Å². The van der Waals surface area contributed by atoms with E-state index in [0.717, 1.165) is 12.1 Å². The van der Waals surface area contributed by atoms with E-state index in [1.54, 1.807) is 0 Å². The molecular weight excluding hydrogens is 250 g/mol. The van der Waals surface area contributed by atoms with E-state index in [-0.39, 0.29) is 11.8 Å². The van der Waals surface area contributed by atoms with Gasteiger partial charge in [0.05, 0.1) is 12.5 Å². The van der Waals surface area contributed by atoms with Gasteiger partial charge >= 0.3 is 0 Å². The monoisotopic (exact) mass is 275 g/mol. The Kier molecular flexibility index (Phi) is 4.81. The highest BCUT2D eigenvalue weighted by atomic mass is 16.5. The standard InChI is InChI=1S/C17H25NO2/c1-11(2)14-6-5-7-15(12(3)4)16(14)18-17(19)13-8-9-20-10-13/h5-7,11-13H,8-10H2,1-4H3,(H,18,19). The quantitative estimate of drug-likeness (QED) is 0.904. The average Bonchev–Trinajstić information content (AvgIpc) is 2.92. The van der Waals surface area contributed by atoms with Gasteiger partial charge in [-0.25, -0.2) is 0 Å². The van der Waals surface area contributed by atoms with E-state index in [9.17, 15) is 4.79 Å². The van der Waals surface area contributed by atoms with Crippen LogP contribution in [0.5, 0.6) is 0 Å². The summed E-state index contributed by atoms with van der Waals surface area (Å²) in [6, 6.07) is 6.30. The fourth-order valence-electron chi connectivity index (χ4n) is 2.66. The van der Waals surface area contributed by atoms with Crippen LogP contribution in [0.15, 0.2) is 18.2 Å². The van der Waals surface area contributed by atoms with Crippen molar-refractivity contribution in [3.05, 3.63) is 29.3 Å². The third-order valence-electron chi connectivity index (χ3n) is 3.92. The maximum atomic E-state index is 12.4. The second-order valence-electron chi connectivity index (χ2n) is 6.17. The van der Waals surface area contributed by atoms with E-state index in [2.05, 4.69) is 51.2 Å². The van der Waals surface area contributed by atoms with Gasteiger partial charge in [0, 0.05) is 12.3 Å². The van der Waals surface area contributed by atoms with Gasteiger partial charge in [0.15, 0.2) is 0 Å². The largest absolute Gasteiger partial charge is 0.381 e. The number of hydrogen-bond donors (Lipinski definition) is 1.